The maximum Gasteiger partial charge on any atom is 0.288 e. The summed E-state index contributed by atoms with van der Waals surface area (Å²) in [5, 5.41) is 4.58. The van der Waals surface area contributed by atoms with Crippen LogP contribution in [0.3, 0.4) is 0 Å². The number of benzene rings is 2. The molecule has 5 rings (SSSR count). The van der Waals surface area contributed by atoms with Crippen LogP contribution in [0.25, 0.3) is 22.6 Å². The molecular formula is C22H22N4O2S. The molecule has 0 aliphatic carbocycles. The standard InChI is InChI=1S/C22H22N4O2S/c1-15-6-8-16(9-7-15)21-24-26(22(29)28-21)14-25-12-10-17(11-13-25)20-23-18-4-2-3-5-19(18)27-20/h2-9,17H,10-14H2,1H3. The number of oxazole rings is 1. The minimum absolute atomic E-state index is 0.354. The molecule has 0 atom stereocenters. The highest BCUT2D eigenvalue weighted by Gasteiger charge is 2.25. The minimum Gasteiger partial charge on any atom is -0.440 e. The largest absolute Gasteiger partial charge is 0.440 e. The molecule has 0 unspecified atom stereocenters. The number of fused-ring (bicyclic) bond motifs is 1. The van der Waals surface area contributed by atoms with E-state index in [9.17, 15) is 0 Å². The van der Waals surface area contributed by atoms with Crippen LogP contribution in [0.1, 0.15) is 30.2 Å². The Balaban J connectivity index is 1.25. The van der Waals surface area contributed by atoms with Gasteiger partial charge in [0.25, 0.3) is 4.84 Å². The first-order valence-electron chi connectivity index (χ1n) is 9.88. The summed E-state index contributed by atoms with van der Waals surface area (Å²) >= 11 is 5.39. The van der Waals surface area contributed by atoms with E-state index in [2.05, 4.69) is 21.9 Å². The van der Waals surface area contributed by atoms with Crippen molar-refractivity contribution in [3.05, 3.63) is 64.8 Å². The van der Waals surface area contributed by atoms with Crippen molar-refractivity contribution >= 4 is 23.3 Å². The van der Waals surface area contributed by atoms with Crippen LogP contribution in [-0.2, 0) is 6.67 Å². The quantitative estimate of drug-likeness (QED) is 0.436. The highest BCUT2D eigenvalue weighted by Crippen LogP contribution is 2.30. The Labute approximate surface area is 173 Å². The molecular weight excluding hydrogens is 384 g/mol. The minimum atomic E-state index is 0.354. The SMILES string of the molecule is Cc1ccc(-c2nn(CN3CCC(c4nc5ccccc5o4)CC3)c(=S)o2)cc1. The molecule has 0 amide bonds. The second kappa shape index (κ2) is 7.57. The number of piperidine rings is 1. The molecule has 0 bridgehead atoms. The van der Waals surface area contributed by atoms with Crippen molar-refractivity contribution in [3.8, 4) is 11.5 Å². The van der Waals surface area contributed by atoms with Gasteiger partial charge in [0.2, 0.25) is 5.89 Å². The molecule has 3 heterocycles. The van der Waals surface area contributed by atoms with Crippen molar-refractivity contribution < 1.29 is 8.83 Å². The summed E-state index contributed by atoms with van der Waals surface area (Å²) in [5.41, 5.74) is 3.94. The van der Waals surface area contributed by atoms with Gasteiger partial charge in [0, 0.05) is 24.6 Å². The number of likely N-dealkylation sites (tertiary alicyclic amines) is 1. The Hall–Kier alpha value is -2.77. The van der Waals surface area contributed by atoms with Crippen molar-refractivity contribution in [2.45, 2.75) is 32.4 Å². The number of aryl methyl sites for hydroxylation is 1. The van der Waals surface area contributed by atoms with E-state index in [1.807, 2.05) is 48.5 Å². The van der Waals surface area contributed by atoms with Gasteiger partial charge < -0.3 is 8.83 Å². The van der Waals surface area contributed by atoms with Gasteiger partial charge in [-0.1, -0.05) is 29.8 Å². The predicted octanol–water partition coefficient (Wildman–Crippen LogP) is 5.16. The van der Waals surface area contributed by atoms with Gasteiger partial charge in [-0.15, -0.1) is 5.10 Å². The lowest BCUT2D eigenvalue weighted by molar-refractivity contribution is 0.152. The number of hydrogen-bond acceptors (Lipinski definition) is 6. The lowest BCUT2D eigenvalue weighted by atomic mass is 9.97. The first kappa shape index (κ1) is 18.3. The molecule has 29 heavy (non-hydrogen) atoms. The monoisotopic (exact) mass is 406 g/mol. The van der Waals surface area contributed by atoms with Crippen LogP contribution in [0.4, 0.5) is 0 Å². The fourth-order valence-electron chi connectivity index (χ4n) is 3.78. The van der Waals surface area contributed by atoms with Crippen LogP contribution in [0.2, 0.25) is 0 Å². The maximum absolute atomic E-state index is 5.96. The molecule has 6 nitrogen and oxygen atoms in total. The summed E-state index contributed by atoms with van der Waals surface area (Å²) in [5.74, 6) is 1.77. The lowest BCUT2D eigenvalue weighted by Gasteiger charge is -2.29. The number of para-hydroxylation sites is 2. The molecule has 2 aromatic heterocycles. The van der Waals surface area contributed by atoms with E-state index in [0.29, 0.717) is 23.3 Å². The third-order valence-corrected chi connectivity index (χ3v) is 5.78. The van der Waals surface area contributed by atoms with Crippen LogP contribution in [0.5, 0.6) is 0 Å². The second-order valence-electron chi connectivity index (χ2n) is 7.59. The zero-order valence-electron chi connectivity index (χ0n) is 16.2. The van der Waals surface area contributed by atoms with Gasteiger partial charge in [-0.05, 0) is 56.2 Å². The smallest absolute Gasteiger partial charge is 0.288 e. The van der Waals surface area contributed by atoms with Gasteiger partial charge >= 0.3 is 0 Å². The lowest BCUT2D eigenvalue weighted by Crippen LogP contribution is -2.34. The van der Waals surface area contributed by atoms with E-state index >= 15 is 0 Å². The van der Waals surface area contributed by atoms with E-state index in [4.69, 9.17) is 21.1 Å². The first-order valence-corrected chi connectivity index (χ1v) is 10.3. The normalized spacial score (nSPS) is 15.9. The molecule has 0 saturated carbocycles. The van der Waals surface area contributed by atoms with Crippen LogP contribution in [0, 0.1) is 11.8 Å². The number of hydrogen-bond donors (Lipinski definition) is 0. The zero-order chi connectivity index (χ0) is 19.8. The van der Waals surface area contributed by atoms with Gasteiger partial charge in [0.15, 0.2) is 11.5 Å². The predicted molar refractivity (Wildman–Crippen MR) is 113 cm³/mol. The summed E-state index contributed by atoms with van der Waals surface area (Å²) in [7, 11) is 0. The average molecular weight is 407 g/mol. The maximum atomic E-state index is 5.96. The van der Waals surface area contributed by atoms with Crippen molar-refractivity contribution in [2.75, 3.05) is 13.1 Å². The van der Waals surface area contributed by atoms with E-state index in [1.54, 1.807) is 4.68 Å². The molecule has 1 saturated heterocycles. The molecule has 0 spiro atoms. The van der Waals surface area contributed by atoms with E-state index in [1.165, 1.54) is 5.56 Å². The second-order valence-corrected chi connectivity index (χ2v) is 7.94. The Morgan fingerprint density at radius 3 is 2.55 bits per heavy atom. The first-order chi connectivity index (χ1) is 14.2. The highest BCUT2D eigenvalue weighted by atomic mass is 32.1. The fraction of sp³-hybridized carbons (Fsp3) is 0.318. The molecule has 0 radical (unpaired) electrons. The Kier molecular flexibility index (Phi) is 4.77. The van der Waals surface area contributed by atoms with Gasteiger partial charge in [-0.3, -0.25) is 4.90 Å². The van der Waals surface area contributed by atoms with Crippen LogP contribution in [-0.4, -0.2) is 32.8 Å². The molecule has 0 N–H and O–H groups in total. The molecule has 1 fully saturated rings. The third-order valence-electron chi connectivity index (χ3n) is 5.49. The summed E-state index contributed by atoms with van der Waals surface area (Å²) < 4.78 is 13.5. The number of aromatic nitrogens is 3. The number of rotatable bonds is 4. The van der Waals surface area contributed by atoms with Gasteiger partial charge in [0.05, 0.1) is 6.67 Å². The Morgan fingerprint density at radius 1 is 1.03 bits per heavy atom. The molecule has 1 aliphatic rings. The van der Waals surface area contributed by atoms with Gasteiger partial charge in [0.1, 0.15) is 5.52 Å². The van der Waals surface area contributed by atoms with Crippen LogP contribution < -0.4 is 0 Å². The third kappa shape index (κ3) is 3.75. The van der Waals surface area contributed by atoms with E-state index in [-0.39, 0.29) is 0 Å². The molecule has 148 valence electrons. The molecule has 4 aromatic rings. The van der Waals surface area contributed by atoms with Gasteiger partial charge in [-0.25, -0.2) is 9.67 Å². The van der Waals surface area contributed by atoms with Crippen molar-refractivity contribution in [2.24, 2.45) is 0 Å². The zero-order valence-corrected chi connectivity index (χ0v) is 17.1. The van der Waals surface area contributed by atoms with E-state index < -0.39 is 0 Å². The summed E-state index contributed by atoms with van der Waals surface area (Å²) in [6, 6.07) is 16.0. The topological polar surface area (TPSA) is 60.2 Å². The number of nitrogens with zero attached hydrogens (tertiary/aromatic N) is 4. The summed E-state index contributed by atoms with van der Waals surface area (Å²) in [6.45, 7) is 4.58. The molecule has 1 aliphatic heterocycles. The van der Waals surface area contributed by atoms with Crippen molar-refractivity contribution in [1.82, 2.24) is 19.7 Å². The summed E-state index contributed by atoms with van der Waals surface area (Å²) in [4.78, 5) is 7.42. The van der Waals surface area contributed by atoms with Crippen molar-refractivity contribution in [3.63, 3.8) is 0 Å². The van der Waals surface area contributed by atoms with Crippen LogP contribution in [0.15, 0.2) is 57.4 Å². The highest BCUT2D eigenvalue weighted by molar-refractivity contribution is 7.71. The average Bonchev–Trinajstić information content (AvgIpc) is 3.33. The van der Waals surface area contributed by atoms with Gasteiger partial charge in [-0.2, -0.15) is 0 Å². The fourth-order valence-corrected chi connectivity index (χ4v) is 3.96. The van der Waals surface area contributed by atoms with Crippen LogP contribution >= 0.6 is 12.2 Å². The molecule has 7 heteroatoms. The molecule has 2 aromatic carbocycles. The summed E-state index contributed by atoms with van der Waals surface area (Å²) in [6.07, 6.45) is 2.01. The van der Waals surface area contributed by atoms with E-state index in [0.717, 1.165) is 48.5 Å². The Morgan fingerprint density at radius 2 is 1.79 bits per heavy atom. The van der Waals surface area contributed by atoms with Crippen molar-refractivity contribution in [1.29, 1.82) is 0 Å². The Bertz CT molecular complexity index is 1150.